The number of pyridine rings is 3. The van der Waals surface area contributed by atoms with E-state index in [4.69, 9.17) is 19.2 Å². The van der Waals surface area contributed by atoms with Gasteiger partial charge < -0.3 is 29.7 Å². The summed E-state index contributed by atoms with van der Waals surface area (Å²) in [6, 6.07) is 9.97. The smallest absolute Gasteiger partial charge is 0.435 e. The van der Waals surface area contributed by atoms with Crippen LogP contribution in [-0.2, 0) is 6.18 Å². The van der Waals surface area contributed by atoms with Crippen molar-refractivity contribution < 1.29 is 32.2 Å². The molecule has 3 aromatic heterocycles. The number of rotatable bonds is 9. The summed E-state index contributed by atoms with van der Waals surface area (Å²) in [5, 5.41) is 6.29. The second-order valence-electron chi connectivity index (χ2n) is 11.2. The molecule has 0 bridgehead atoms. The number of nitrogens with zero attached hydrogens (tertiary/aromatic N) is 4. The summed E-state index contributed by atoms with van der Waals surface area (Å²) in [6.45, 7) is 4.73. The number of amides is 1. The first-order valence-corrected chi connectivity index (χ1v) is 14.3. The molecule has 3 aliphatic rings. The first kappa shape index (κ1) is 29.0. The highest BCUT2D eigenvalue weighted by Crippen LogP contribution is 2.52. The first-order chi connectivity index (χ1) is 20.7. The molecule has 3 fully saturated rings. The van der Waals surface area contributed by atoms with Gasteiger partial charge in [0.05, 0.1) is 30.7 Å². The van der Waals surface area contributed by atoms with Gasteiger partial charge in [-0.3, -0.25) is 4.79 Å². The predicted molar refractivity (Wildman–Crippen MR) is 151 cm³/mol. The maximum absolute atomic E-state index is 13.7. The third-order valence-corrected chi connectivity index (χ3v) is 8.13. The lowest BCUT2D eigenvalue weighted by atomic mass is 9.61. The Bertz CT molecular complexity index is 1480. The van der Waals surface area contributed by atoms with E-state index in [0.29, 0.717) is 62.0 Å². The van der Waals surface area contributed by atoms with Crippen LogP contribution in [0, 0.1) is 5.41 Å². The molecule has 1 unspecified atom stereocenters. The number of anilines is 1. The molecule has 1 atom stereocenters. The molecule has 1 saturated carbocycles. The van der Waals surface area contributed by atoms with Crippen molar-refractivity contribution >= 4 is 11.6 Å². The molecule has 3 aromatic rings. The maximum atomic E-state index is 13.7. The number of aromatic nitrogens is 3. The fourth-order valence-corrected chi connectivity index (χ4v) is 6.10. The Labute approximate surface area is 247 Å². The van der Waals surface area contributed by atoms with Crippen molar-refractivity contribution in [2.45, 2.75) is 44.5 Å². The Morgan fingerprint density at radius 1 is 1.16 bits per heavy atom. The molecular formula is C30H33F3N6O4. The summed E-state index contributed by atoms with van der Waals surface area (Å²) in [5.41, 5.74) is 0.314. The molecule has 10 nitrogen and oxygen atoms in total. The number of methoxy groups -OCH3 is 1. The SMILES string of the molecule is CCOc1ncccc1-c1ccc(OC2CC3(C2)CN(c2ccc(OC)nc2C(F)(F)F)C3)c(C(=O)NC2CCNC2)n1. The molecule has 43 heavy (non-hydrogen) atoms. The van der Waals surface area contributed by atoms with Gasteiger partial charge in [0, 0.05) is 43.4 Å². The Kier molecular flexibility index (Phi) is 7.75. The first-order valence-electron chi connectivity index (χ1n) is 14.3. The van der Waals surface area contributed by atoms with E-state index >= 15 is 0 Å². The van der Waals surface area contributed by atoms with Crippen LogP contribution in [0.25, 0.3) is 11.3 Å². The van der Waals surface area contributed by atoms with Crippen LogP contribution in [0.1, 0.15) is 42.4 Å². The summed E-state index contributed by atoms with van der Waals surface area (Å²) >= 11 is 0. The molecule has 2 saturated heterocycles. The molecule has 2 aliphatic heterocycles. The molecule has 6 rings (SSSR count). The lowest BCUT2D eigenvalue weighted by Gasteiger charge is -2.59. The molecule has 0 radical (unpaired) electrons. The van der Waals surface area contributed by atoms with Gasteiger partial charge in [-0.05, 0) is 63.1 Å². The molecule has 0 aromatic carbocycles. The van der Waals surface area contributed by atoms with Crippen LogP contribution in [0.5, 0.6) is 17.5 Å². The van der Waals surface area contributed by atoms with Crippen LogP contribution in [0.3, 0.4) is 0 Å². The van der Waals surface area contributed by atoms with Crippen molar-refractivity contribution in [2.24, 2.45) is 5.41 Å². The highest BCUT2D eigenvalue weighted by Gasteiger charge is 2.55. The number of carbonyl (C=O) groups is 1. The predicted octanol–water partition coefficient (Wildman–Crippen LogP) is 4.10. The van der Waals surface area contributed by atoms with Gasteiger partial charge in [-0.25, -0.2) is 15.0 Å². The highest BCUT2D eigenvalue weighted by atomic mass is 19.4. The van der Waals surface area contributed by atoms with Gasteiger partial charge in [-0.1, -0.05) is 0 Å². The molecule has 228 valence electrons. The van der Waals surface area contributed by atoms with Crippen molar-refractivity contribution in [3.05, 3.63) is 54.0 Å². The van der Waals surface area contributed by atoms with Crippen LogP contribution in [0.2, 0.25) is 0 Å². The number of hydrogen-bond donors (Lipinski definition) is 2. The van der Waals surface area contributed by atoms with E-state index in [2.05, 4.69) is 20.6 Å². The zero-order valence-corrected chi connectivity index (χ0v) is 23.9. The zero-order valence-electron chi connectivity index (χ0n) is 23.9. The number of carbonyl (C=O) groups excluding carboxylic acids is 1. The van der Waals surface area contributed by atoms with Crippen LogP contribution in [0.15, 0.2) is 42.6 Å². The van der Waals surface area contributed by atoms with Gasteiger partial charge in [0.25, 0.3) is 5.91 Å². The molecule has 5 heterocycles. The van der Waals surface area contributed by atoms with Gasteiger partial charge in [0.1, 0.15) is 6.10 Å². The highest BCUT2D eigenvalue weighted by molar-refractivity contribution is 5.96. The number of ether oxygens (including phenoxy) is 3. The van der Waals surface area contributed by atoms with Crippen molar-refractivity contribution in [1.29, 1.82) is 0 Å². The minimum Gasteiger partial charge on any atom is -0.488 e. The van der Waals surface area contributed by atoms with Crippen LogP contribution in [-0.4, -0.2) is 72.9 Å². The van der Waals surface area contributed by atoms with Gasteiger partial charge >= 0.3 is 6.18 Å². The van der Waals surface area contributed by atoms with E-state index in [1.165, 1.54) is 19.2 Å². The second kappa shape index (κ2) is 11.5. The van der Waals surface area contributed by atoms with Crippen molar-refractivity contribution in [3.8, 4) is 28.8 Å². The number of alkyl halides is 3. The zero-order chi connectivity index (χ0) is 30.2. The lowest BCUT2D eigenvalue weighted by molar-refractivity contribution is -0.141. The largest absolute Gasteiger partial charge is 0.488 e. The minimum absolute atomic E-state index is 0.00912. The number of hydrogen-bond acceptors (Lipinski definition) is 9. The molecule has 1 aliphatic carbocycles. The van der Waals surface area contributed by atoms with E-state index in [0.717, 1.165) is 13.0 Å². The van der Waals surface area contributed by atoms with Crippen molar-refractivity contribution in [2.75, 3.05) is 44.8 Å². The van der Waals surface area contributed by atoms with E-state index < -0.39 is 11.9 Å². The summed E-state index contributed by atoms with van der Waals surface area (Å²) in [7, 11) is 1.29. The third kappa shape index (κ3) is 5.90. The Morgan fingerprint density at radius 3 is 2.67 bits per heavy atom. The lowest BCUT2D eigenvalue weighted by Crippen LogP contribution is -2.65. The monoisotopic (exact) mass is 598 g/mol. The quantitative estimate of drug-likeness (QED) is 0.376. The summed E-state index contributed by atoms with van der Waals surface area (Å²) in [4.78, 5) is 27.8. The fourth-order valence-electron chi connectivity index (χ4n) is 6.10. The standard InChI is InChI=1S/C30H33F3N6O4/c1-3-42-28-20(5-4-11-35-28)21-6-8-23(25(37-21)27(40)36-18-10-12-34-15-18)43-19-13-29(14-19)16-39(17-29)22-7-9-24(41-2)38-26(22)30(31,32)33/h4-9,11,18-19,34H,3,10,12-17H2,1-2H3,(H,36,40). The van der Waals surface area contributed by atoms with Gasteiger partial charge in [0.15, 0.2) is 17.1 Å². The summed E-state index contributed by atoms with van der Waals surface area (Å²) < 4.78 is 57.9. The van der Waals surface area contributed by atoms with E-state index in [-0.39, 0.29) is 40.7 Å². The van der Waals surface area contributed by atoms with Gasteiger partial charge in [0.2, 0.25) is 11.8 Å². The second-order valence-corrected chi connectivity index (χ2v) is 11.2. The topological polar surface area (TPSA) is 111 Å². The van der Waals surface area contributed by atoms with Crippen molar-refractivity contribution in [1.82, 2.24) is 25.6 Å². The van der Waals surface area contributed by atoms with Gasteiger partial charge in [-0.2, -0.15) is 13.2 Å². The van der Waals surface area contributed by atoms with E-state index in [1.807, 2.05) is 13.0 Å². The van der Waals surface area contributed by atoms with Crippen LogP contribution >= 0.6 is 0 Å². The van der Waals surface area contributed by atoms with Crippen LogP contribution < -0.4 is 29.7 Å². The van der Waals surface area contributed by atoms with Crippen molar-refractivity contribution in [3.63, 3.8) is 0 Å². The van der Waals surface area contributed by atoms with E-state index in [9.17, 15) is 18.0 Å². The fraction of sp³-hybridized carbons (Fsp3) is 0.467. The third-order valence-electron chi connectivity index (χ3n) is 8.13. The molecule has 2 N–H and O–H groups in total. The molecular weight excluding hydrogens is 565 g/mol. The molecule has 1 amide bonds. The molecule has 13 heteroatoms. The minimum atomic E-state index is -4.60. The normalized spacial score (nSPS) is 19.5. The Hall–Kier alpha value is -4.13. The van der Waals surface area contributed by atoms with Gasteiger partial charge in [-0.15, -0.1) is 0 Å². The average molecular weight is 599 g/mol. The average Bonchev–Trinajstić information content (AvgIpc) is 3.46. The summed E-state index contributed by atoms with van der Waals surface area (Å²) in [5.74, 6) is 0.380. The Morgan fingerprint density at radius 2 is 1.98 bits per heavy atom. The van der Waals surface area contributed by atoms with E-state index in [1.54, 1.807) is 29.3 Å². The summed E-state index contributed by atoms with van der Waals surface area (Å²) in [6.07, 6.45) is -1.03. The number of nitrogens with one attached hydrogen (secondary N) is 2. The number of halogens is 3. The Balaban J connectivity index is 1.17. The maximum Gasteiger partial charge on any atom is 0.435 e. The van der Waals surface area contributed by atoms with Crippen LogP contribution in [0.4, 0.5) is 18.9 Å². The molecule has 1 spiro atoms.